The van der Waals surface area contributed by atoms with E-state index < -0.39 is 5.97 Å². The molecule has 104 valence electrons. The SMILES string of the molecule is CCCC1CCC(NC2(CC(=O)O)CNC2)CC1. The molecule has 0 aromatic rings. The third-order valence-electron chi connectivity index (χ3n) is 4.47. The predicted octanol–water partition coefficient (Wildman–Crippen LogP) is 1.75. The number of aliphatic carboxylic acids is 1. The maximum Gasteiger partial charge on any atom is 0.305 e. The fourth-order valence-corrected chi connectivity index (χ4v) is 3.43. The van der Waals surface area contributed by atoms with Crippen molar-refractivity contribution in [2.45, 2.75) is 63.5 Å². The first-order chi connectivity index (χ1) is 8.63. The molecular weight excluding hydrogens is 228 g/mol. The van der Waals surface area contributed by atoms with Gasteiger partial charge in [0.15, 0.2) is 0 Å². The van der Waals surface area contributed by atoms with Gasteiger partial charge in [0.25, 0.3) is 0 Å². The third kappa shape index (κ3) is 3.45. The van der Waals surface area contributed by atoms with E-state index in [2.05, 4.69) is 17.6 Å². The first-order valence-electron chi connectivity index (χ1n) is 7.34. The Morgan fingerprint density at radius 1 is 1.33 bits per heavy atom. The van der Waals surface area contributed by atoms with Crippen LogP contribution in [0, 0.1) is 5.92 Å². The Hall–Kier alpha value is -0.610. The maximum atomic E-state index is 10.9. The van der Waals surface area contributed by atoms with Crippen molar-refractivity contribution in [1.29, 1.82) is 0 Å². The van der Waals surface area contributed by atoms with Crippen LogP contribution in [0.25, 0.3) is 0 Å². The number of hydrogen-bond donors (Lipinski definition) is 3. The van der Waals surface area contributed by atoms with Crippen LogP contribution in [0.3, 0.4) is 0 Å². The monoisotopic (exact) mass is 254 g/mol. The normalized spacial score (nSPS) is 30.7. The van der Waals surface area contributed by atoms with Crippen LogP contribution in [-0.4, -0.2) is 35.7 Å². The van der Waals surface area contributed by atoms with E-state index in [0.29, 0.717) is 6.04 Å². The quantitative estimate of drug-likeness (QED) is 0.676. The summed E-state index contributed by atoms with van der Waals surface area (Å²) >= 11 is 0. The van der Waals surface area contributed by atoms with Gasteiger partial charge in [0, 0.05) is 19.1 Å². The van der Waals surface area contributed by atoms with Crippen LogP contribution in [0.2, 0.25) is 0 Å². The molecule has 1 aliphatic carbocycles. The summed E-state index contributed by atoms with van der Waals surface area (Å²) in [5, 5.41) is 15.8. The van der Waals surface area contributed by atoms with Crippen molar-refractivity contribution in [2.24, 2.45) is 5.92 Å². The highest BCUT2D eigenvalue weighted by Crippen LogP contribution is 2.29. The predicted molar refractivity (Wildman–Crippen MR) is 71.6 cm³/mol. The zero-order chi connectivity index (χ0) is 13.0. The highest BCUT2D eigenvalue weighted by molar-refractivity contribution is 5.68. The van der Waals surface area contributed by atoms with Crippen molar-refractivity contribution in [1.82, 2.24) is 10.6 Å². The Morgan fingerprint density at radius 2 is 2.00 bits per heavy atom. The van der Waals surface area contributed by atoms with Gasteiger partial charge in [0.1, 0.15) is 0 Å². The summed E-state index contributed by atoms with van der Waals surface area (Å²) in [4.78, 5) is 10.9. The molecular formula is C14H26N2O2. The highest BCUT2D eigenvalue weighted by atomic mass is 16.4. The van der Waals surface area contributed by atoms with Crippen LogP contribution in [0.5, 0.6) is 0 Å². The molecule has 0 spiro atoms. The summed E-state index contributed by atoms with van der Waals surface area (Å²) in [7, 11) is 0. The van der Waals surface area contributed by atoms with Crippen LogP contribution in [-0.2, 0) is 4.79 Å². The largest absolute Gasteiger partial charge is 0.481 e. The number of hydrogen-bond acceptors (Lipinski definition) is 3. The summed E-state index contributed by atoms with van der Waals surface area (Å²) in [5.74, 6) is 0.214. The fourth-order valence-electron chi connectivity index (χ4n) is 3.43. The van der Waals surface area contributed by atoms with E-state index in [4.69, 9.17) is 5.11 Å². The zero-order valence-electron chi connectivity index (χ0n) is 11.4. The van der Waals surface area contributed by atoms with E-state index in [1.807, 2.05) is 0 Å². The number of nitrogens with one attached hydrogen (secondary N) is 2. The molecule has 0 bridgehead atoms. The van der Waals surface area contributed by atoms with Gasteiger partial charge in [-0.1, -0.05) is 19.8 Å². The minimum atomic E-state index is -0.691. The first kappa shape index (κ1) is 13.8. The van der Waals surface area contributed by atoms with E-state index in [9.17, 15) is 4.79 Å². The molecule has 0 atom stereocenters. The lowest BCUT2D eigenvalue weighted by molar-refractivity contribution is -0.139. The molecule has 0 aromatic heterocycles. The number of carbonyl (C=O) groups is 1. The second-order valence-corrected chi connectivity index (χ2v) is 6.11. The lowest BCUT2D eigenvalue weighted by Crippen LogP contribution is -2.70. The van der Waals surface area contributed by atoms with E-state index in [1.54, 1.807) is 0 Å². The molecule has 1 saturated heterocycles. The molecule has 4 heteroatoms. The standard InChI is InChI=1S/C14H26N2O2/c1-2-3-11-4-6-12(7-5-11)16-14(8-13(17)18)9-15-10-14/h11-12,15-16H,2-10H2,1H3,(H,17,18). The topological polar surface area (TPSA) is 61.4 Å². The Labute approximate surface area is 110 Å². The Kier molecular flexibility index (Phi) is 4.62. The van der Waals surface area contributed by atoms with E-state index >= 15 is 0 Å². The van der Waals surface area contributed by atoms with Gasteiger partial charge < -0.3 is 15.7 Å². The molecule has 0 aromatic carbocycles. The Balaban J connectivity index is 1.78. The van der Waals surface area contributed by atoms with Crippen molar-refractivity contribution in [2.75, 3.05) is 13.1 Å². The molecule has 4 nitrogen and oxygen atoms in total. The Bertz CT molecular complexity index is 282. The second kappa shape index (κ2) is 6.02. The number of rotatable bonds is 6. The molecule has 2 fully saturated rings. The molecule has 1 saturated carbocycles. The molecule has 18 heavy (non-hydrogen) atoms. The number of carboxylic acid groups (broad SMARTS) is 1. The minimum Gasteiger partial charge on any atom is -0.481 e. The molecule has 3 N–H and O–H groups in total. The van der Waals surface area contributed by atoms with Crippen molar-refractivity contribution in [3.63, 3.8) is 0 Å². The molecule has 2 rings (SSSR count). The van der Waals surface area contributed by atoms with E-state index in [-0.39, 0.29) is 12.0 Å². The minimum absolute atomic E-state index is 0.173. The van der Waals surface area contributed by atoms with Gasteiger partial charge >= 0.3 is 5.97 Å². The van der Waals surface area contributed by atoms with Gasteiger partial charge in [-0.05, 0) is 31.6 Å². The zero-order valence-corrected chi connectivity index (χ0v) is 11.4. The maximum absolute atomic E-state index is 10.9. The molecule has 0 amide bonds. The van der Waals surface area contributed by atoms with Gasteiger partial charge in [-0.2, -0.15) is 0 Å². The van der Waals surface area contributed by atoms with Gasteiger partial charge in [0.2, 0.25) is 0 Å². The van der Waals surface area contributed by atoms with Crippen molar-refractivity contribution >= 4 is 5.97 Å². The van der Waals surface area contributed by atoms with Gasteiger partial charge in [-0.3, -0.25) is 4.79 Å². The van der Waals surface area contributed by atoms with Gasteiger partial charge in [-0.15, -0.1) is 0 Å². The van der Waals surface area contributed by atoms with Crippen molar-refractivity contribution in [3.05, 3.63) is 0 Å². The van der Waals surface area contributed by atoms with Gasteiger partial charge in [0.05, 0.1) is 12.0 Å². The lowest BCUT2D eigenvalue weighted by Gasteiger charge is -2.46. The van der Waals surface area contributed by atoms with Crippen LogP contribution in [0.4, 0.5) is 0 Å². The molecule has 1 heterocycles. The van der Waals surface area contributed by atoms with Crippen molar-refractivity contribution in [3.8, 4) is 0 Å². The lowest BCUT2D eigenvalue weighted by atomic mass is 9.80. The van der Waals surface area contributed by atoms with E-state index in [1.165, 1.54) is 38.5 Å². The summed E-state index contributed by atoms with van der Waals surface area (Å²) < 4.78 is 0. The van der Waals surface area contributed by atoms with Gasteiger partial charge in [-0.25, -0.2) is 0 Å². The summed E-state index contributed by atoms with van der Waals surface area (Å²) in [5.41, 5.74) is -0.173. The van der Waals surface area contributed by atoms with Crippen LogP contribution in [0.15, 0.2) is 0 Å². The highest BCUT2D eigenvalue weighted by Gasteiger charge is 2.40. The Morgan fingerprint density at radius 3 is 2.44 bits per heavy atom. The summed E-state index contributed by atoms with van der Waals surface area (Å²) in [6, 6.07) is 0.527. The average molecular weight is 254 g/mol. The third-order valence-corrected chi connectivity index (χ3v) is 4.47. The summed E-state index contributed by atoms with van der Waals surface area (Å²) in [6.45, 7) is 3.86. The molecule has 1 aliphatic heterocycles. The summed E-state index contributed by atoms with van der Waals surface area (Å²) in [6.07, 6.45) is 7.93. The second-order valence-electron chi connectivity index (χ2n) is 6.11. The molecule has 0 radical (unpaired) electrons. The van der Waals surface area contributed by atoms with Crippen LogP contribution >= 0.6 is 0 Å². The fraction of sp³-hybridized carbons (Fsp3) is 0.929. The van der Waals surface area contributed by atoms with Crippen molar-refractivity contribution < 1.29 is 9.90 Å². The van der Waals surface area contributed by atoms with Crippen LogP contribution in [0.1, 0.15) is 51.9 Å². The molecule has 2 aliphatic rings. The average Bonchev–Trinajstić information content (AvgIpc) is 2.28. The van der Waals surface area contributed by atoms with Crippen LogP contribution < -0.4 is 10.6 Å². The molecule has 0 unspecified atom stereocenters. The smallest absolute Gasteiger partial charge is 0.305 e. The van der Waals surface area contributed by atoms with E-state index in [0.717, 1.165) is 19.0 Å². The number of carboxylic acids is 1. The first-order valence-corrected chi connectivity index (χ1v) is 7.34.